The lowest BCUT2D eigenvalue weighted by molar-refractivity contribution is -0.385. The molecule has 3 rings (SSSR count). The number of halogens is 1. The lowest BCUT2D eigenvalue weighted by Crippen LogP contribution is -2.34. The molecule has 2 aliphatic rings. The lowest BCUT2D eigenvalue weighted by atomic mass is 9.95. The number of nitro groups is 1. The maximum atomic E-state index is 11.1. The van der Waals surface area contributed by atoms with Crippen LogP contribution in [0.5, 0.6) is 0 Å². The molecule has 1 heterocycles. The highest BCUT2D eigenvalue weighted by Crippen LogP contribution is 2.38. The summed E-state index contributed by atoms with van der Waals surface area (Å²) in [5, 5.41) is 11.6. The van der Waals surface area contributed by atoms with Crippen molar-refractivity contribution in [1.82, 2.24) is 0 Å². The van der Waals surface area contributed by atoms with Crippen molar-refractivity contribution in [3.8, 4) is 0 Å². The second kappa shape index (κ2) is 6.34. The number of benzene rings is 1. The third kappa shape index (κ3) is 2.93. The van der Waals surface area contributed by atoms with Crippen LogP contribution in [0, 0.1) is 16.0 Å². The minimum Gasteiger partial charge on any atom is -0.368 e. The summed E-state index contributed by atoms with van der Waals surface area (Å²) in [6.45, 7) is 1.08. The van der Waals surface area contributed by atoms with E-state index in [1.807, 2.05) is 12.1 Å². The van der Waals surface area contributed by atoms with Crippen molar-refractivity contribution < 1.29 is 4.92 Å². The minimum absolute atomic E-state index is 0.215. The van der Waals surface area contributed by atoms with Gasteiger partial charge in [0.1, 0.15) is 0 Å². The van der Waals surface area contributed by atoms with Crippen LogP contribution in [-0.2, 0) is 5.33 Å². The number of nitro benzene ring substituents is 1. The van der Waals surface area contributed by atoms with Crippen molar-refractivity contribution in [2.75, 3.05) is 11.4 Å². The van der Waals surface area contributed by atoms with Crippen LogP contribution in [0.2, 0.25) is 0 Å². The van der Waals surface area contributed by atoms with Crippen LogP contribution in [0.3, 0.4) is 0 Å². The Morgan fingerprint density at radius 1 is 1.24 bits per heavy atom. The van der Waals surface area contributed by atoms with Gasteiger partial charge in [0.05, 0.1) is 4.92 Å². The molecule has 0 aromatic heterocycles. The summed E-state index contributed by atoms with van der Waals surface area (Å²) < 4.78 is 0. The van der Waals surface area contributed by atoms with Gasteiger partial charge in [0.15, 0.2) is 0 Å². The van der Waals surface area contributed by atoms with E-state index >= 15 is 0 Å². The van der Waals surface area contributed by atoms with E-state index in [2.05, 4.69) is 20.8 Å². The summed E-state index contributed by atoms with van der Waals surface area (Å²) in [6.07, 6.45) is 7.93. The molecular weight excluding hydrogens is 332 g/mol. The van der Waals surface area contributed by atoms with Crippen LogP contribution in [-0.4, -0.2) is 17.5 Å². The molecule has 1 aliphatic heterocycles. The second-order valence-electron chi connectivity index (χ2n) is 6.15. The Bertz CT molecular complexity index is 529. The van der Waals surface area contributed by atoms with Crippen LogP contribution in [0.4, 0.5) is 11.4 Å². The van der Waals surface area contributed by atoms with E-state index in [1.165, 1.54) is 38.5 Å². The number of rotatable bonds is 4. The van der Waals surface area contributed by atoms with Gasteiger partial charge in [-0.05, 0) is 43.7 Å². The van der Waals surface area contributed by atoms with Crippen molar-refractivity contribution in [3.05, 3.63) is 33.9 Å². The molecule has 0 N–H and O–H groups in total. The molecule has 1 atom stereocenters. The smallest absolute Gasteiger partial charge is 0.273 e. The molecule has 0 amide bonds. The highest BCUT2D eigenvalue weighted by atomic mass is 79.9. The van der Waals surface area contributed by atoms with E-state index in [-0.39, 0.29) is 10.6 Å². The Morgan fingerprint density at radius 2 is 2.00 bits per heavy atom. The van der Waals surface area contributed by atoms with Gasteiger partial charge in [0.2, 0.25) is 0 Å². The zero-order valence-electron chi connectivity index (χ0n) is 12.1. The maximum absolute atomic E-state index is 11.1. The first-order valence-corrected chi connectivity index (χ1v) is 8.93. The quantitative estimate of drug-likeness (QED) is 0.450. The minimum atomic E-state index is -0.293. The molecule has 5 heteroatoms. The van der Waals surface area contributed by atoms with E-state index in [0.29, 0.717) is 11.4 Å². The van der Waals surface area contributed by atoms with Gasteiger partial charge in [-0.1, -0.05) is 28.8 Å². The van der Waals surface area contributed by atoms with E-state index in [4.69, 9.17) is 0 Å². The molecule has 0 bridgehead atoms. The van der Waals surface area contributed by atoms with Crippen LogP contribution in [0.1, 0.15) is 44.1 Å². The first-order chi connectivity index (χ1) is 10.2. The average molecular weight is 353 g/mol. The monoisotopic (exact) mass is 352 g/mol. The summed E-state index contributed by atoms with van der Waals surface area (Å²) in [7, 11) is 0. The normalized spacial score (nSPS) is 22.9. The standard InChI is InChI=1S/C16H21BrN2O2/c17-11-13-10-14(7-8-16(13)19(20)21)18-9-3-6-15(18)12-4-1-2-5-12/h7-8,10,12,15H,1-6,9,11H2. The largest absolute Gasteiger partial charge is 0.368 e. The van der Waals surface area contributed by atoms with Crippen LogP contribution < -0.4 is 4.90 Å². The Kier molecular flexibility index (Phi) is 4.48. The van der Waals surface area contributed by atoms with Gasteiger partial charge in [0.25, 0.3) is 5.69 Å². The molecule has 1 unspecified atom stereocenters. The molecule has 1 aliphatic carbocycles. The fourth-order valence-corrected chi connectivity index (χ4v) is 4.43. The fourth-order valence-electron chi connectivity index (χ4n) is 3.98. The maximum Gasteiger partial charge on any atom is 0.273 e. The van der Waals surface area contributed by atoms with Crippen molar-refractivity contribution in [3.63, 3.8) is 0 Å². The molecule has 0 radical (unpaired) electrons. The summed E-state index contributed by atoms with van der Waals surface area (Å²) in [4.78, 5) is 13.3. The highest BCUT2D eigenvalue weighted by molar-refractivity contribution is 9.08. The molecule has 2 fully saturated rings. The molecule has 1 aromatic carbocycles. The van der Waals surface area contributed by atoms with Gasteiger partial charge in [-0.2, -0.15) is 0 Å². The Morgan fingerprint density at radius 3 is 2.67 bits per heavy atom. The molecular formula is C16H21BrN2O2. The molecule has 1 aromatic rings. The molecule has 4 nitrogen and oxygen atoms in total. The van der Waals surface area contributed by atoms with Crippen molar-refractivity contribution in [1.29, 1.82) is 0 Å². The zero-order valence-corrected chi connectivity index (χ0v) is 13.7. The van der Waals surface area contributed by atoms with E-state index in [1.54, 1.807) is 6.07 Å². The van der Waals surface area contributed by atoms with E-state index in [0.717, 1.165) is 23.7 Å². The third-order valence-electron chi connectivity index (χ3n) is 4.98. The predicted octanol–water partition coefficient (Wildman–Crippen LogP) is 4.65. The summed E-state index contributed by atoms with van der Waals surface area (Å²) in [6, 6.07) is 6.23. The van der Waals surface area contributed by atoms with Gasteiger partial charge < -0.3 is 4.90 Å². The first-order valence-electron chi connectivity index (χ1n) is 7.80. The zero-order chi connectivity index (χ0) is 14.8. The van der Waals surface area contributed by atoms with E-state index in [9.17, 15) is 10.1 Å². The van der Waals surface area contributed by atoms with Crippen molar-refractivity contribution in [2.45, 2.75) is 49.9 Å². The topological polar surface area (TPSA) is 46.4 Å². The van der Waals surface area contributed by atoms with Crippen molar-refractivity contribution in [2.24, 2.45) is 5.92 Å². The number of anilines is 1. The number of nitrogens with zero attached hydrogens (tertiary/aromatic N) is 2. The number of hydrogen-bond acceptors (Lipinski definition) is 3. The van der Waals surface area contributed by atoms with Crippen molar-refractivity contribution >= 4 is 27.3 Å². The SMILES string of the molecule is O=[N+]([O-])c1ccc(N2CCCC2C2CCCC2)cc1CBr. The molecule has 1 saturated carbocycles. The molecule has 114 valence electrons. The molecule has 21 heavy (non-hydrogen) atoms. The summed E-state index contributed by atoms with van der Waals surface area (Å²) in [5.74, 6) is 0.815. The van der Waals surface area contributed by atoms with Gasteiger partial charge >= 0.3 is 0 Å². The van der Waals surface area contributed by atoms with Crippen LogP contribution in [0.25, 0.3) is 0 Å². The van der Waals surface area contributed by atoms with Gasteiger partial charge in [0, 0.05) is 35.2 Å². The summed E-state index contributed by atoms with van der Waals surface area (Å²) >= 11 is 3.38. The fraction of sp³-hybridized carbons (Fsp3) is 0.625. The Hall–Kier alpha value is -1.10. The van der Waals surface area contributed by atoms with Crippen LogP contribution >= 0.6 is 15.9 Å². The van der Waals surface area contributed by atoms with E-state index < -0.39 is 0 Å². The van der Waals surface area contributed by atoms with Gasteiger partial charge in [-0.3, -0.25) is 10.1 Å². The lowest BCUT2D eigenvalue weighted by Gasteiger charge is -2.31. The average Bonchev–Trinajstić information content (AvgIpc) is 3.16. The number of hydrogen-bond donors (Lipinski definition) is 0. The van der Waals surface area contributed by atoms with Gasteiger partial charge in [-0.25, -0.2) is 0 Å². The molecule has 0 spiro atoms. The number of alkyl halides is 1. The first kappa shape index (κ1) is 14.8. The van der Waals surface area contributed by atoms with Gasteiger partial charge in [-0.15, -0.1) is 0 Å². The second-order valence-corrected chi connectivity index (χ2v) is 6.71. The predicted molar refractivity (Wildman–Crippen MR) is 88.1 cm³/mol. The highest BCUT2D eigenvalue weighted by Gasteiger charge is 2.33. The van der Waals surface area contributed by atoms with Crippen LogP contribution in [0.15, 0.2) is 18.2 Å². The summed E-state index contributed by atoms with van der Waals surface area (Å²) in [5.41, 5.74) is 2.14. The third-order valence-corrected chi connectivity index (χ3v) is 5.58. The molecule has 1 saturated heterocycles. The Labute approximate surface area is 133 Å². The Balaban J connectivity index is 1.86.